The molecule has 0 amide bonds. The van der Waals surface area contributed by atoms with Crippen molar-refractivity contribution in [1.29, 1.82) is 0 Å². The largest absolute Gasteiger partial charge is 0.0654 e. The Kier molecular flexibility index (Phi) is 5.86. The minimum Gasteiger partial charge on any atom is -0.0654 e. The first-order valence-electron chi connectivity index (χ1n) is 8.42. The molecule has 0 fully saturated rings. The van der Waals surface area contributed by atoms with Gasteiger partial charge in [0.2, 0.25) is 0 Å². The molecule has 0 heterocycles. The Morgan fingerprint density at radius 1 is 0.900 bits per heavy atom. The Labute approximate surface area is 127 Å². The Bertz CT molecular complexity index is 426. The average Bonchev–Trinajstić information content (AvgIpc) is 2.44. The van der Waals surface area contributed by atoms with E-state index >= 15 is 0 Å². The van der Waals surface area contributed by atoms with Gasteiger partial charge < -0.3 is 0 Å². The molecule has 114 valence electrons. The molecular formula is C20H34. The van der Waals surface area contributed by atoms with Gasteiger partial charge in [0.15, 0.2) is 0 Å². The van der Waals surface area contributed by atoms with E-state index in [1.807, 2.05) is 0 Å². The maximum Gasteiger partial charge on any atom is -0.00746 e. The van der Waals surface area contributed by atoms with Gasteiger partial charge in [-0.25, -0.2) is 0 Å². The molecule has 0 heteroatoms. The van der Waals surface area contributed by atoms with Crippen molar-refractivity contribution in [1.82, 2.24) is 0 Å². The molecule has 1 aromatic rings. The summed E-state index contributed by atoms with van der Waals surface area (Å²) in [5.74, 6) is 0. The second kappa shape index (κ2) is 6.78. The molecule has 2 rings (SSSR count). The zero-order valence-corrected chi connectivity index (χ0v) is 14.8. The summed E-state index contributed by atoms with van der Waals surface area (Å²) < 4.78 is 0. The molecule has 0 radical (unpaired) electrons. The lowest BCUT2D eigenvalue weighted by Gasteiger charge is -2.43. The first-order valence-corrected chi connectivity index (χ1v) is 8.42. The maximum absolute atomic E-state index is 2.43. The van der Waals surface area contributed by atoms with Crippen molar-refractivity contribution in [2.75, 3.05) is 0 Å². The van der Waals surface area contributed by atoms with Crippen LogP contribution in [0.1, 0.15) is 90.3 Å². The molecular weight excluding hydrogens is 240 g/mol. The van der Waals surface area contributed by atoms with E-state index in [1.165, 1.54) is 37.7 Å². The number of hydrogen-bond acceptors (Lipinski definition) is 0. The second-order valence-electron chi connectivity index (χ2n) is 7.35. The highest BCUT2D eigenvalue weighted by molar-refractivity contribution is 5.43. The summed E-state index contributed by atoms with van der Waals surface area (Å²) in [5.41, 5.74) is 5.33. The number of unbranched alkanes of at least 4 members (excludes halogenated alkanes) is 1. The summed E-state index contributed by atoms with van der Waals surface area (Å²) in [5, 5.41) is 0. The Morgan fingerprint density at radius 2 is 1.50 bits per heavy atom. The quantitative estimate of drug-likeness (QED) is 0.574. The number of hydrogen-bond donors (Lipinski definition) is 0. The minimum atomic E-state index is 0.357. The highest BCUT2D eigenvalue weighted by atomic mass is 14.4. The van der Waals surface area contributed by atoms with E-state index in [-0.39, 0.29) is 0 Å². The van der Waals surface area contributed by atoms with Crippen molar-refractivity contribution in [3.63, 3.8) is 0 Å². The normalized spacial score (nSPS) is 23.6. The predicted octanol–water partition coefficient (Wildman–Crippen LogP) is 6.54. The van der Waals surface area contributed by atoms with Crippen LogP contribution in [0.25, 0.3) is 0 Å². The third kappa shape index (κ3) is 3.65. The van der Waals surface area contributed by atoms with E-state index in [1.54, 1.807) is 11.1 Å². The van der Waals surface area contributed by atoms with Gasteiger partial charge in [-0.3, -0.25) is 0 Å². The van der Waals surface area contributed by atoms with Crippen molar-refractivity contribution >= 4 is 0 Å². The Hall–Kier alpha value is -0.780. The Balaban J connectivity index is 0.000000444. The van der Waals surface area contributed by atoms with Crippen LogP contribution in [0.15, 0.2) is 18.2 Å². The molecule has 0 N–H and O–H groups in total. The van der Waals surface area contributed by atoms with Crippen LogP contribution in [0.5, 0.6) is 0 Å². The van der Waals surface area contributed by atoms with Crippen LogP contribution >= 0.6 is 0 Å². The summed E-state index contributed by atoms with van der Waals surface area (Å²) >= 11 is 0. The fraction of sp³-hybridized carbons (Fsp3) is 0.700. The van der Waals surface area contributed by atoms with Gasteiger partial charge >= 0.3 is 0 Å². The molecule has 20 heavy (non-hydrogen) atoms. The molecule has 0 aromatic heterocycles. The molecule has 0 nitrogen and oxygen atoms in total. The second-order valence-corrected chi connectivity index (χ2v) is 7.35. The van der Waals surface area contributed by atoms with Gasteiger partial charge in [0.05, 0.1) is 0 Å². The fourth-order valence-corrected chi connectivity index (χ4v) is 2.97. The smallest absolute Gasteiger partial charge is 0.00746 e. The molecule has 1 aliphatic rings. The van der Waals surface area contributed by atoms with E-state index in [9.17, 15) is 0 Å². The van der Waals surface area contributed by atoms with Gasteiger partial charge in [-0.1, -0.05) is 78.1 Å². The lowest BCUT2D eigenvalue weighted by Crippen LogP contribution is -2.35. The number of aryl methyl sites for hydroxylation is 1. The van der Waals surface area contributed by atoms with Crippen LogP contribution in [0.2, 0.25) is 0 Å². The SMILES string of the molecule is CCC1(C)CCC(C)(C)c2cc(C)ccc21.CCCC. The maximum atomic E-state index is 2.43. The zero-order chi connectivity index (χ0) is 15.4. The molecule has 0 saturated carbocycles. The van der Waals surface area contributed by atoms with Crippen molar-refractivity contribution in [2.45, 2.75) is 91.4 Å². The van der Waals surface area contributed by atoms with E-state index in [0.717, 1.165) is 0 Å². The van der Waals surface area contributed by atoms with Crippen LogP contribution in [0.4, 0.5) is 0 Å². The molecule has 1 aromatic carbocycles. The van der Waals surface area contributed by atoms with Crippen LogP contribution in [-0.4, -0.2) is 0 Å². The highest BCUT2D eigenvalue weighted by Crippen LogP contribution is 2.47. The van der Waals surface area contributed by atoms with Gasteiger partial charge in [-0.2, -0.15) is 0 Å². The summed E-state index contributed by atoms with van der Waals surface area (Å²) in [7, 11) is 0. The van der Waals surface area contributed by atoms with Gasteiger partial charge in [0.1, 0.15) is 0 Å². The molecule has 0 aliphatic heterocycles. The summed E-state index contributed by atoms with van der Waals surface area (Å²) in [6.45, 7) is 16.1. The molecule has 1 atom stereocenters. The molecule has 1 unspecified atom stereocenters. The van der Waals surface area contributed by atoms with Crippen molar-refractivity contribution < 1.29 is 0 Å². The monoisotopic (exact) mass is 274 g/mol. The highest BCUT2D eigenvalue weighted by Gasteiger charge is 2.38. The van der Waals surface area contributed by atoms with Crippen molar-refractivity contribution in [2.24, 2.45) is 0 Å². The summed E-state index contributed by atoms with van der Waals surface area (Å²) in [6.07, 6.45) is 6.53. The zero-order valence-electron chi connectivity index (χ0n) is 14.8. The van der Waals surface area contributed by atoms with Gasteiger partial charge in [0, 0.05) is 0 Å². The molecule has 0 spiro atoms. The fourth-order valence-electron chi connectivity index (χ4n) is 2.97. The van der Waals surface area contributed by atoms with Gasteiger partial charge in [-0.05, 0) is 48.1 Å². The topological polar surface area (TPSA) is 0 Å². The van der Waals surface area contributed by atoms with Crippen LogP contribution < -0.4 is 0 Å². The lowest BCUT2D eigenvalue weighted by molar-refractivity contribution is 0.305. The van der Waals surface area contributed by atoms with Gasteiger partial charge in [-0.15, -0.1) is 0 Å². The van der Waals surface area contributed by atoms with E-state index in [0.29, 0.717) is 10.8 Å². The van der Waals surface area contributed by atoms with E-state index < -0.39 is 0 Å². The van der Waals surface area contributed by atoms with Crippen LogP contribution in [0, 0.1) is 6.92 Å². The lowest BCUT2D eigenvalue weighted by atomic mass is 9.61. The summed E-state index contributed by atoms with van der Waals surface area (Å²) in [4.78, 5) is 0. The van der Waals surface area contributed by atoms with Crippen LogP contribution in [-0.2, 0) is 10.8 Å². The standard InChI is InChI=1S/C16H24.C4H10/c1-6-16(5)10-9-15(3,4)14-11-12(2)7-8-13(14)16;1-3-4-2/h7-8,11H,6,9-10H2,1-5H3;3-4H2,1-2H3. The van der Waals surface area contributed by atoms with Crippen LogP contribution in [0.3, 0.4) is 0 Å². The molecule has 0 bridgehead atoms. The van der Waals surface area contributed by atoms with E-state index in [2.05, 4.69) is 66.7 Å². The number of rotatable bonds is 2. The number of fused-ring (bicyclic) bond motifs is 1. The van der Waals surface area contributed by atoms with E-state index in [4.69, 9.17) is 0 Å². The predicted molar refractivity (Wildman–Crippen MR) is 91.7 cm³/mol. The summed E-state index contributed by atoms with van der Waals surface area (Å²) in [6, 6.07) is 7.05. The minimum absolute atomic E-state index is 0.357. The third-order valence-electron chi connectivity index (χ3n) is 5.14. The first-order chi connectivity index (χ1) is 9.30. The third-order valence-corrected chi connectivity index (χ3v) is 5.14. The molecule has 1 aliphatic carbocycles. The molecule has 0 saturated heterocycles. The first kappa shape index (κ1) is 17.3. The van der Waals surface area contributed by atoms with Crippen molar-refractivity contribution in [3.8, 4) is 0 Å². The Morgan fingerprint density at radius 3 is 2.00 bits per heavy atom. The van der Waals surface area contributed by atoms with Gasteiger partial charge in [0.25, 0.3) is 0 Å². The number of benzene rings is 1. The average molecular weight is 274 g/mol. The van der Waals surface area contributed by atoms with Crippen molar-refractivity contribution in [3.05, 3.63) is 34.9 Å².